The van der Waals surface area contributed by atoms with Crippen LogP contribution in [0.3, 0.4) is 0 Å². The molecule has 7 nitrogen and oxygen atoms in total. The van der Waals surface area contributed by atoms with Crippen LogP contribution < -0.4 is 10.0 Å². The largest absolute Gasteiger partial charge is 0.291 e. The SMILES string of the molecule is Cc1nc(N(C)C(=O)C2Cc3cccc(-c4ccccn4)c3C2)sc1S(N)(=O)=O. The summed E-state index contributed by atoms with van der Waals surface area (Å²) in [4.78, 5) is 23.2. The Morgan fingerprint density at radius 2 is 2.00 bits per heavy atom. The normalized spacial score (nSPS) is 15.9. The number of hydrogen-bond acceptors (Lipinski definition) is 6. The number of sulfonamides is 1. The van der Waals surface area contributed by atoms with Crippen LogP contribution >= 0.6 is 11.3 Å². The molecule has 1 unspecified atom stereocenters. The predicted molar refractivity (Wildman–Crippen MR) is 112 cm³/mol. The molecule has 150 valence electrons. The molecule has 0 aliphatic heterocycles. The number of aromatic nitrogens is 2. The minimum Gasteiger partial charge on any atom is -0.291 e. The summed E-state index contributed by atoms with van der Waals surface area (Å²) in [6.07, 6.45) is 3.00. The molecule has 0 bridgehead atoms. The zero-order valence-electron chi connectivity index (χ0n) is 16.0. The van der Waals surface area contributed by atoms with Gasteiger partial charge in [-0.25, -0.2) is 18.5 Å². The van der Waals surface area contributed by atoms with Gasteiger partial charge in [0.1, 0.15) is 0 Å². The highest BCUT2D eigenvalue weighted by Crippen LogP contribution is 2.36. The summed E-state index contributed by atoms with van der Waals surface area (Å²) in [5.74, 6) is -0.329. The van der Waals surface area contributed by atoms with E-state index in [9.17, 15) is 13.2 Å². The highest BCUT2D eigenvalue weighted by atomic mass is 32.2. The van der Waals surface area contributed by atoms with Crippen LogP contribution in [-0.2, 0) is 27.7 Å². The van der Waals surface area contributed by atoms with Crippen LogP contribution in [0.5, 0.6) is 0 Å². The molecule has 1 aliphatic carbocycles. The van der Waals surface area contributed by atoms with Crippen molar-refractivity contribution in [3.63, 3.8) is 0 Å². The highest BCUT2D eigenvalue weighted by Gasteiger charge is 2.33. The van der Waals surface area contributed by atoms with Crippen molar-refractivity contribution in [1.29, 1.82) is 0 Å². The number of thiazole rings is 1. The van der Waals surface area contributed by atoms with Crippen molar-refractivity contribution < 1.29 is 13.2 Å². The third-order valence-electron chi connectivity index (χ3n) is 5.10. The number of carbonyl (C=O) groups excluding carboxylic acids is 1. The lowest BCUT2D eigenvalue weighted by Gasteiger charge is -2.18. The van der Waals surface area contributed by atoms with Crippen LogP contribution in [0.4, 0.5) is 5.13 Å². The summed E-state index contributed by atoms with van der Waals surface area (Å²) in [7, 11) is -2.24. The fraction of sp³-hybridized carbons (Fsp3) is 0.250. The maximum absolute atomic E-state index is 13.1. The van der Waals surface area contributed by atoms with Crippen LogP contribution in [0.25, 0.3) is 11.3 Å². The number of aryl methyl sites for hydroxylation is 1. The monoisotopic (exact) mass is 428 g/mol. The number of benzene rings is 1. The summed E-state index contributed by atoms with van der Waals surface area (Å²) in [5, 5.41) is 5.56. The Labute approximate surface area is 173 Å². The topological polar surface area (TPSA) is 106 Å². The first-order valence-electron chi connectivity index (χ1n) is 9.05. The van der Waals surface area contributed by atoms with Gasteiger partial charge in [-0.3, -0.25) is 14.7 Å². The van der Waals surface area contributed by atoms with Crippen LogP contribution in [0.1, 0.15) is 16.8 Å². The Bertz CT molecular complexity index is 1190. The van der Waals surface area contributed by atoms with E-state index in [4.69, 9.17) is 5.14 Å². The Morgan fingerprint density at radius 1 is 1.21 bits per heavy atom. The van der Waals surface area contributed by atoms with Crippen molar-refractivity contribution in [3.05, 3.63) is 59.4 Å². The molecule has 0 spiro atoms. The highest BCUT2D eigenvalue weighted by molar-refractivity contribution is 7.91. The second kappa shape index (κ2) is 7.33. The molecule has 4 rings (SSSR count). The van der Waals surface area contributed by atoms with Gasteiger partial charge in [-0.05, 0) is 43.0 Å². The van der Waals surface area contributed by atoms with E-state index in [0.29, 0.717) is 23.7 Å². The van der Waals surface area contributed by atoms with Gasteiger partial charge < -0.3 is 0 Å². The second-order valence-electron chi connectivity index (χ2n) is 7.07. The summed E-state index contributed by atoms with van der Waals surface area (Å²) >= 11 is 0.917. The average Bonchev–Trinajstić information content (AvgIpc) is 3.30. The van der Waals surface area contributed by atoms with Crippen LogP contribution in [-0.4, -0.2) is 31.3 Å². The fourth-order valence-electron chi connectivity index (χ4n) is 3.73. The van der Waals surface area contributed by atoms with Gasteiger partial charge in [0.25, 0.3) is 0 Å². The molecule has 0 radical (unpaired) electrons. The van der Waals surface area contributed by atoms with Gasteiger partial charge in [-0.2, -0.15) is 0 Å². The average molecular weight is 429 g/mol. The lowest BCUT2D eigenvalue weighted by molar-refractivity contribution is -0.121. The Balaban J connectivity index is 1.60. The van der Waals surface area contributed by atoms with Gasteiger partial charge in [-0.15, -0.1) is 0 Å². The predicted octanol–water partition coefficient (Wildman–Crippen LogP) is 2.54. The Morgan fingerprint density at radius 3 is 2.66 bits per heavy atom. The standard InChI is InChI=1S/C20H20N4O3S2/c1-12-19(29(21,26)27)28-20(23-12)24(2)18(25)14-10-13-6-5-7-15(16(13)11-14)17-8-3-4-9-22-17/h3-9,14H,10-11H2,1-2H3,(H2,21,26,27). The molecule has 3 aromatic rings. The number of pyridine rings is 1. The summed E-state index contributed by atoms with van der Waals surface area (Å²) in [6, 6.07) is 11.8. The first kappa shape index (κ1) is 19.7. The number of anilines is 1. The van der Waals surface area contributed by atoms with Crippen LogP contribution in [0.2, 0.25) is 0 Å². The second-order valence-corrected chi connectivity index (χ2v) is 9.81. The minimum absolute atomic E-state index is 0.0145. The summed E-state index contributed by atoms with van der Waals surface area (Å²) < 4.78 is 23.3. The lowest BCUT2D eigenvalue weighted by Crippen LogP contribution is -2.33. The van der Waals surface area contributed by atoms with Crippen molar-refractivity contribution in [2.75, 3.05) is 11.9 Å². The smallest absolute Gasteiger partial charge is 0.249 e. The van der Waals surface area contributed by atoms with E-state index in [-0.39, 0.29) is 16.0 Å². The van der Waals surface area contributed by atoms with E-state index in [2.05, 4.69) is 9.97 Å². The van der Waals surface area contributed by atoms with Crippen LogP contribution in [0.15, 0.2) is 46.8 Å². The van der Waals surface area contributed by atoms with Crippen molar-refractivity contribution in [3.8, 4) is 11.3 Å². The number of carbonyl (C=O) groups is 1. The Hall–Kier alpha value is -2.62. The number of fused-ring (bicyclic) bond motifs is 1. The number of rotatable bonds is 4. The number of nitrogens with zero attached hydrogens (tertiary/aromatic N) is 3. The summed E-state index contributed by atoms with van der Waals surface area (Å²) in [5.41, 5.74) is 4.51. The molecule has 2 heterocycles. The Kier molecular flexibility index (Phi) is 4.97. The van der Waals surface area contributed by atoms with E-state index >= 15 is 0 Å². The molecule has 29 heavy (non-hydrogen) atoms. The molecule has 2 aromatic heterocycles. The quantitative estimate of drug-likeness (QED) is 0.687. The van der Waals surface area contributed by atoms with Gasteiger partial charge in [0, 0.05) is 24.7 Å². The van der Waals surface area contributed by atoms with E-state index < -0.39 is 10.0 Å². The zero-order chi connectivity index (χ0) is 20.8. The molecule has 1 atom stereocenters. The maximum atomic E-state index is 13.1. The van der Waals surface area contributed by atoms with E-state index in [1.165, 1.54) is 4.90 Å². The number of amides is 1. The third-order valence-corrected chi connectivity index (χ3v) is 7.89. The number of primary sulfonamides is 1. The van der Waals surface area contributed by atoms with Crippen molar-refractivity contribution in [1.82, 2.24) is 9.97 Å². The third kappa shape index (κ3) is 3.68. The van der Waals surface area contributed by atoms with Gasteiger partial charge in [0.15, 0.2) is 9.34 Å². The first-order valence-corrected chi connectivity index (χ1v) is 11.4. The molecule has 0 fully saturated rings. The molecule has 1 aromatic carbocycles. The molecule has 9 heteroatoms. The number of hydrogen-bond donors (Lipinski definition) is 1. The molecule has 0 saturated carbocycles. The van der Waals surface area contributed by atoms with Crippen LogP contribution in [0, 0.1) is 12.8 Å². The lowest BCUT2D eigenvalue weighted by atomic mass is 10.00. The van der Waals surface area contributed by atoms with Crippen molar-refractivity contribution in [2.24, 2.45) is 11.1 Å². The molecule has 1 aliphatic rings. The van der Waals surface area contributed by atoms with Gasteiger partial charge >= 0.3 is 0 Å². The molecule has 2 N–H and O–H groups in total. The zero-order valence-corrected chi connectivity index (χ0v) is 17.6. The van der Waals surface area contributed by atoms with Gasteiger partial charge in [0.05, 0.1) is 11.4 Å². The van der Waals surface area contributed by atoms with E-state index in [1.807, 2.05) is 36.4 Å². The van der Waals surface area contributed by atoms with E-state index in [1.54, 1.807) is 20.2 Å². The maximum Gasteiger partial charge on any atom is 0.249 e. The van der Waals surface area contributed by atoms with Crippen molar-refractivity contribution >= 4 is 32.4 Å². The number of nitrogens with two attached hydrogens (primary N) is 1. The fourth-order valence-corrected chi connectivity index (χ4v) is 5.65. The van der Waals surface area contributed by atoms with E-state index in [0.717, 1.165) is 33.7 Å². The van der Waals surface area contributed by atoms with Gasteiger partial charge in [0.2, 0.25) is 15.9 Å². The molecular formula is C20H20N4O3S2. The van der Waals surface area contributed by atoms with Gasteiger partial charge in [-0.1, -0.05) is 35.6 Å². The summed E-state index contributed by atoms with van der Waals surface area (Å²) in [6.45, 7) is 1.57. The minimum atomic E-state index is -3.86. The molecule has 0 saturated heterocycles. The van der Waals surface area contributed by atoms with Crippen molar-refractivity contribution in [2.45, 2.75) is 24.0 Å². The molecule has 1 amide bonds. The molecular weight excluding hydrogens is 408 g/mol. The first-order chi connectivity index (χ1) is 13.8.